The number of rotatable bonds is 4. The maximum absolute atomic E-state index is 6.10. The molecule has 2 nitrogen and oxygen atoms in total. The molecule has 0 aliphatic rings. The average molecular weight is 420 g/mol. The van der Waals surface area contributed by atoms with Crippen LogP contribution in [0.25, 0.3) is 0 Å². The molecule has 0 saturated carbocycles. The molecule has 0 radical (unpaired) electrons. The highest BCUT2D eigenvalue weighted by Crippen LogP contribution is 2.31. The lowest BCUT2D eigenvalue weighted by Gasteiger charge is -2.13. The quantitative estimate of drug-likeness (QED) is 0.677. The molecule has 2 rings (SSSR count). The Bertz CT molecular complexity index is 632. The van der Waals surface area contributed by atoms with Crippen molar-refractivity contribution in [3.63, 3.8) is 0 Å². The highest BCUT2D eigenvalue weighted by molar-refractivity contribution is 9.13. The van der Waals surface area contributed by atoms with E-state index < -0.39 is 0 Å². The molecule has 106 valence electrons. The number of halogens is 3. The lowest BCUT2D eigenvalue weighted by molar-refractivity contribution is 0.416. The van der Waals surface area contributed by atoms with Gasteiger partial charge in [-0.3, -0.25) is 0 Å². The Balaban J connectivity index is 2.18. The number of benzene rings is 2. The molecule has 0 spiro atoms. The molecule has 0 heterocycles. The van der Waals surface area contributed by atoms with Crippen LogP contribution in [0, 0.1) is 6.92 Å². The predicted molar refractivity (Wildman–Crippen MR) is 91.9 cm³/mol. The van der Waals surface area contributed by atoms with E-state index in [1.54, 1.807) is 7.11 Å². The summed E-state index contributed by atoms with van der Waals surface area (Å²) in [5.74, 6) is 0.747. The Morgan fingerprint density at radius 3 is 2.55 bits per heavy atom. The van der Waals surface area contributed by atoms with Gasteiger partial charge in [0.15, 0.2) is 0 Å². The van der Waals surface area contributed by atoms with E-state index in [1.165, 1.54) is 5.56 Å². The summed E-state index contributed by atoms with van der Waals surface area (Å²) in [5.41, 5.74) is 3.13. The number of aryl methyl sites for hydroxylation is 1. The maximum atomic E-state index is 6.10. The first-order valence-electron chi connectivity index (χ1n) is 6.03. The van der Waals surface area contributed by atoms with Crippen LogP contribution in [0.1, 0.15) is 11.1 Å². The molecular formula is C15H14Br2ClNO. The predicted octanol–water partition coefficient (Wildman–Crippen LogP) is 5.79. The van der Waals surface area contributed by atoms with Crippen LogP contribution in [0.15, 0.2) is 39.3 Å². The van der Waals surface area contributed by atoms with E-state index in [0.29, 0.717) is 11.6 Å². The van der Waals surface area contributed by atoms with Gasteiger partial charge >= 0.3 is 0 Å². The lowest BCUT2D eigenvalue weighted by Crippen LogP contribution is -2.02. The Morgan fingerprint density at radius 1 is 1.15 bits per heavy atom. The zero-order chi connectivity index (χ0) is 14.7. The van der Waals surface area contributed by atoms with Crippen molar-refractivity contribution in [3.8, 4) is 5.75 Å². The second-order valence-corrected chi connectivity index (χ2v) is 6.52. The molecule has 0 aliphatic heterocycles. The molecular weight excluding hydrogens is 405 g/mol. The summed E-state index contributed by atoms with van der Waals surface area (Å²) in [7, 11) is 1.64. The summed E-state index contributed by atoms with van der Waals surface area (Å²) in [6.45, 7) is 2.69. The van der Waals surface area contributed by atoms with Crippen molar-refractivity contribution in [1.29, 1.82) is 0 Å². The molecule has 0 aromatic heterocycles. The van der Waals surface area contributed by atoms with Gasteiger partial charge in [-0.25, -0.2) is 0 Å². The maximum Gasteiger partial charge on any atom is 0.143 e. The highest BCUT2D eigenvalue weighted by atomic mass is 79.9. The number of methoxy groups -OCH3 is 1. The Labute approximate surface area is 140 Å². The molecule has 0 saturated heterocycles. The summed E-state index contributed by atoms with van der Waals surface area (Å²) in [6, 6.07) is 9.99. The highest BCUT2D eigenvalue weighted by Gasteiger charge is 2.07. The van der Waals surface area contributed by atoms with Crippen molar-refractivity contribution < 1.29 is 4.74 Å². The number of nitrogens with one attached hydrogen (secondary N) is 1. The van der Waals surface area contributed by atoms with Gasteiger partial charge in [0.1, 0.15) is 5.75 Å². The van der Waals surface area contributed by atoms with E-state index in [9.17, 15) is 0 Å². The first-order valence-corrected chi connectivity index (χ1v) is 7.99. The Hall–Kier alpha value is -0.710. The van der Waals surface area contributed by atoms with E-state index in [2.05, 4.69) is 49.3 Å². The van der Waals surface area contributed by atoms with Gasteiger partial charge < -0.3 is 10.1 Å². The largest absolute Gasteiger partial charge is 0.495 e. The monoisotopic (exact) mass is 417 g/mol. The van der Waals surface area contributed by atoms with Crippen molar-refractivity contribution in [1.82, 2.24) is 0 Å². The fourth-order valence-corrected chi connectivity index (χ4v) is 2.64. The fourth-order valence-electron chi connectivity index (χ4n) is 1.82. The molecule has 0 bridgehead atoms. The minimum absolute atomic E-state index is 0.707. The normalized spacial score (nSPS) is 10.4. The minimum atomic E-state index is 0.707. The zero-order valence-electron chi connectivity index (χ0n) is 11.1. The van der Waals surface area contributed by atoms with Gasteiger partial charge in [-0.05, 0) is 68.1 Å². The van der Waals surface area contributed by atoms with Gasteiger partial charge in [-0.1, -0.05) is 17.7 Å². The third kappa shape index (κ3) is 3.68. The van der Waals surface area contributed by atoms with Crippen molar-refractivity contribution in [2.75, 3.05) is 12.4 Å². The van der Waals surface area contributed by atoms with Gasteiger partial charge in [-0.2, -0.15) is 0 Å². The van der Waals surface area contributed by atoms with Crippen LogP contribution in [0.5, 0.6) is 5.75 Å². The van der Waals surface area contributed by atoms with E-state index in [0.717, 1.165) is 25.9 Å². The van der Waals surface area contributed by atoms with E-state index in [1.807, 2.05) is 25.1 Å². The van der Waals surface area contributed by atoms with Crippen LogP contribution in [-0.4, -0.2) is 7.11 Å². The number of hydrogen-bond acceptors (Lipinski definition) is 2. The molecule has 0 fully saturated rings. The van der Waals surface area contributed by atoms with Gasteiger partial charge in [-0.15, -0.1) is 0 Å². The second-order valence-electron chi connectivity index (χ2n) is 4.40. The van der Waals surface area contributed by atoms with E-state index in [-0.39, 0.29) is 0 Å². The summed E-state index contributed by atoms with van der Waals surface area (Å²) in [4.78, 5) is 0. The Kier molecular flexibility index (Phi) is 5.35. The van der Waals surface area contributed by atoms with Crippen molar-refractivity contribution in [2.45, 2.75) is 13.5 Å². The fraction of sp³-hybridized carbons (Fsp3) is 0.200. The van der Waals surface area contributed by atoms with Crippen LogP contribution in [0.4, 0.5) is 5.69 Å². The van der Waals surface area contributed by atoms with Gasteiger partial charge in [0, 0.05) is 26.6 Å². The van der Waals surface area contributed by atoms with E-state index >= 15 is 0 Å². The molecule has 2 aromatic rings. The zero-order valence-corrected chi connectivity index (χ0v) is 15.1. The summed E-state index contributed by atoms with van der Waals surface area (Å²) >= 11 is 13.1. The Morgan fingerprint density at radius 2 is 1.90 bits per heavy atom. The summed E-state index contributed by atoms with van der Waals surface area (Å²) in [5, 5.41) is 4.08. The first kappa shape index (κ1) is 15.7. The van der Waals surface area contributed by atoms with Gasteiger partial charge in [0.05, 0.1) is 12.8 Å². The molecule has 0 amide bonds. The molecule has 20 heavy (non-hydrogen) atoms. The molecule has 0 unspecified atom stereocenters. The van der Waals surface area contributed by atoms with Crippen LogP contribution in [0.3, 0.4) is 0 Å². The van der Waals surface area contributed by atoms with Crippen LogP contribution >= 0.6 is 43.5 Å². The summed E-state index contributed by atoms with van der Waals surface area (Å²) < 4.78 is 7.43. The van der Waals surface area contributed by atoms with Crippen LogP contribution in [-0.2, 0) is 6.54 Å². The number of hydrogen-bond donors (Lipinski definition) is 1. The van der Waals surface area contributed by atoms with Crippen molar-refractivity contribution in [2.24, 2.45) is 0 Å². The first-order chi connectivity index (χ1) is 9.51. The number of ether oxygens (including phenoxy) is 1. The second kappa shape index (κ2) is 6.83. The molecule has 0 atom stereocenters. The van der Waals surface area contributed by atoms with E-state index in [4.69, 9.17) is 16.3 Å². The molecule has 1 N–H and O–H groups in total. The smallest absolute Gasteiger partial charge is 0.143 e. The van der Waals surface area contributed by atoms with Crippen LogP contribution < -0.4 is 10.1 Å². The third-order valence-electron chi connectivity index (χ3n) is 2.95. The van der Waals surface area contributed by atoms with Crippen molar-refractivity contribution in [3.05, 3.63) is 55.4 Å². The molecule has 0 aliphatic carbocycles. The topological polar surface area (TPSA) is 21.3 Å². The van der Waals surface area contributed by atoms with Gasteiger partial charge in [0.25, 0.3) is 0 Å². The molecule has 2 aromatic carbocycles. The summed E-state index contributed by atoms with van der Waals surface area (Å²) in [6.07, 6.45) is 0. The van der Waals surface area contributed by atoms with Gasteiger partial charge in [0.2, 0.25) is 0 Å². The average Bonchev–Trinajstić information content (AvgIpc) is 2.43. The number of anilines is 1. The van der Waals surface area contributed by atoms with Crippen LogP contribution in [0.2, 0.25) is 5.02 Å². The third-order valence-corrected chi connectivity index (χ3v) is 5.23. The van der Waals surface area contributed by atoms with Crippen molar-refractivity contribution >= 4 is 49.1 Å². The standard InChI is InChI=1S/C15H14Br2ClNO/c1-9-5-14(15(20-2)7-13(9)18)19-8-10-3-4-11(16)12(17)6-10/h3-7,19H,8H2,1-2H3. The SMILES string of the molecule is COc1cc(Cl)c(C)cc1NCc1ccc(Br)c(Br)c1. The molecule has 5 heteroatoms. The minimum Gasteiger partial charge on any atom is -0.495 e. The lowest BCUT2D eigenvalue weighted by atomic mass is 10.2.